The Kier molecular flexibility index (Phi) is 36.0. The summed E-state index contributed by atoms with van der Waals surface area (Å²) in [6.07, 6.45) is 3.78. The molecule has 0 saturated carbocycles. The highest BCUT2D eigenvalue weighted by atomic mass is 32.1. The number of terminal acetylenes is 1. The molecule has 9 amide bonds. The molecule has 746 valence electrons. The number of ether oxygens (including phenoxy) is 16. The summed E-state index contributed by atoms with van der Waals surface area (Å²) in [7, 11) is 0. The van der Waals surface area contributed by atoms with Crippen molar-refractivity contribution in [1.82, 2.24) is 42.5 Å². The molecule has 0 aromatic heterocycles. The zero-order chi connectivity index (χ0) is 98.5. The molecule has 0 aromatic carbocycles. The van der Waals surface area contributed by atoms with Crippen molar-refractivity contribution in [2.24, 2.45) is 111 Å². The van der Waals surface area contributed by atoms with Crippen LogP contribution in [0.25, 0.3) is 10.4 Å². The average molecular weight is 1890 g/mol. The lowest BCUT2D eigenvalue weighted by molar-refractivity contribution is -0.200. The van der Waals surface area contributed by atoms with Crippen LogP contribution in [0.5, 0.6) is 0 Å². The van der Waals surface area contributed by atoms with E-state index in [0.717, 1.165) is 12.7 Å². The molecule has 16 fully saturated rings. The van der Waals surface area contributed by atoms with E-state index in [1.807, 2.05) is 55.4 Å². The van der Waals surface area contributed by atoms with Crippen molar-refractivity contribution >= 4 is 78.0 Å². The number of thiol groups is 1. The van der Waals surface area contributed by atoms with Crippen molar-refractivity contribution in [2.45, 2.75) is 323 Å². The smallest absolute Gasteiger partial charge is 0.338 e. The fraction of sp³-hybridized carbons (Fsp3) is 0.856. The lowest BCUT2D eigenvalue weighted by Gasteiger charge is -2.44. The zero-order valence-corrected chi connectivity index (χ0v) is 81.9. The second-order valence-electron chi connectivity index (χ2n) is 39.3. The van der Waals surface area contributed by atoms with Crippen molar-refractivity contribution in [3.63, 3.8) is 0 Å². The number of aldehydes is 1. The Morgan fingerprint density at radius 2 is 0.667 bits per heavy atom. The van der Waals surface area contributed by atoms with Gasteiger partial charge >= 0.3 is 5.97 Å². The predicted octanol–water partition coefficient (Wildman–Crippen LogP) is 3.12. The molecule has 16 heterocycles. The van der Waals surface area contributed by atoms with Crippen LogP contribution < -0.4 is 54.0 Å². The highest BCUT2D eigenvalue weighted by molar-refractivity contribution is 7.80. The van der Waals surface area contributed by atoms with E-state index in [-0.39, 0.29) is 223 Å². The molecule has 16 bridgehead atoms. The van der Waals surface area contributed by atoms with Crippen LogP contribution in [0.3, 0.4) is 0 Å². The molecule has 16 rings (SSSR count). The second-order valence-corrected chi connectivity index (χ2v) is 39.6. The van der Waals surface area contributed by atoms with Gasteiger partial charge in [0.15, 0.2) is 79.0 Å². The highest BCUT2D eigenvalue weighted by Gasteiger charge is 2.66. The van der Waals surface area contributed by atoms with Crippen LogP contribution in [0.4, 0.5) is 0 Å². The van der Waals surface area contributed by atoms with Gasteiger partial charge in [0.1, 0.15) is 16.8 Å². The van der Waals surface area contributed by atoms with Gasteiger partial charge in [0, 0.05) is 90.4 Å². The molecule has 16 aliphatic heterocycles. The van der Waals surface area contributed by atoms with Gasteiger partial charge < -0.3 is 140 Å². The Labute approximate surface area is 779 Å². The molecule has 41 nitrogen and oxygen atoms in total. The Morgan fingerprint density at radius 1 is 0.394 bits per heavy atom. The van der Waals surface area contributed by atoms with Crippen LogP contribution in [0.2, 0.25) is 0 Å². The minimum absolute atomic E-state index is 0.0174. The summed E-state index contributed by atoms with van der Waals surface area (Å²) >= 11 is 4.36. The van der Waals surface area contributed by atoms with E-state index in [4.69, 9.17) is 99.2 Å². The SMILES string of the molecule is C#C[C@@]12CO[C@@H](O1)[C@H](NC(C)=O)[C@@H](C)[C@H]2C.CC(=O)N[C@H]1[C@H]2OC[C@](C(=O)O)(O2)[C@H](C)[C@@H]1C.CC(=O)N[C@H]1[C@H]2OC[C@](C(N)=O)(O2)[C@H](C)[C@@H]1C.CC(=O)N[C@H]1[C@H]2OC[C@](C=O)(O2)[C@H](C)[C@@H]1C.CC(=O)N[C@H]1[C@H]2OC[C@](CN)(O2)[C@H](C)[C@@H]1C.CC(=O)N[C@H]1[C@H]2OC[C@](CN=[N+]=[N-])(O2)[C@H](C)[C@@H]1C.CC(=O)N[C@H]1[C@H]2OC[C@](CS)(O2)[C@H](C)[C@@H]1C.CC[C@@]12CO[C@@H](O1)[C@H](NC(C)=O)[C@@H](C)[C@H]2C. The van der Waals surface area contributed by atoms with E-state index in [1.54, 1.807) is 0 Å². The van der Waals surface area contributed by atoms with Gasteiger partial charge in [-0.05, 0) is 88.9 Å². The maximum Gasteiger partial charge on any atom is 0.338 e. The molecule has 42 heteroatoms. The van der Waals surface area contributed by atoms with Crippen LogP contribution in [-0.4, -0.2) is 286 Å². The van der Waals surface area contributed by atoms with Crippen molar-refractivity contribution in [1.29, 1.82) is 0 Å². The molecular weight excluding hydrogens is 1740 g/mol. The first kappa shape index (κ1) is 109. The van der Waals surface area contributed by atoms with Gasteiger partial charge in [0.25, 0.3) is 5.91 Å². The third-order valence-corrected chi connectivity index (χ3v) is 32.4. The maximum absolute atomic E-state index is 11.5. The first-order chi connectivity index (χ1) is 61.8. The number of carbonyl (C=O) groups excluding carboxylic acids is 10. The average Bonchev–Trinajstić information content (AvgIpc) is 1.58. The number of hydrogen-bond acceptors (Lipinski definition) is 30. The van der Waals surface area contributed by atoms with E-state index < -0.39 is 71.3 Å². The quantitative estimate of drug-likeness (QED) is 0.0264. The molecule has 13 N–H and O–H groups in total. The van der Waals surface area contributed by atoms with Crippen LogP contribution in [-0.2, 0) is 129 Å². The number of rotatable bonds is 16. The maximum atomic E-state index is 11.5. The molecule has 16 aliphatic rings. The molecule has 0 radical (unpaired) electrons. The Balaban J connectivity index is 0.000000170. The van der Waals surface area contributed by atoms with Gasteiger partial charge in [-0.25, -0.2) is 4.79 Å². The van der Waals surface area contributed by atoms with Gasteiger partial charge in [0.2, 0.25) is 47.3 Å². The molecule has 0 unspecified atom stereocenters. The topological polar surface area (TPSA) is 553 Å². The number of aliphatic carboxylic acids is 1. The second kappa shape index (κ2) is 43.7. The third kappa shape index (κ3) is 21.9. The van der Waals surface area contributed by atoms with Gasteiger partial charge in [0.05, 0.1) is 113 Å². The molecule has 40 atom stereocenters. The number of azide groups is 1. The van der Waals surface area contributed by atoms with E-state index >= 15 is 0 Å². The van der Waals surface area contributed by atoms with Gasteiger partial charge in [-0.15, -0.1) is 6.42 Å². The number of nitrogens with two attached hydrogens (primary N) is 2. The number of primary amides is 1. The van der Waals surface area contributed by atoms with Crippen molar-refractivity contribution in [2.75, 3.05) is 71.7 Å². The normalized spacial score (nSPS) is 45.4. The van der Waals surface area contributed by atoms with E-state index in [1.165, 1.54) is 55.4 Å². The molecule has 0 spiro atoms. The summed E-state index contributed by atoms with van der Waals surface area (Å²) in [6, 6.07) is -1.12. The number of fused-ring (bicyclic) bond motifs is 16. The highest BCUT2D eigenvalue weighted by Crippen LogP contribution is 2.52. The molecule has 132 heavy (non-hydrogen) atoms. The van der Waals surface area contributed by atoms with Crippen LogP contribution in [0.15, 0.2) is 5.11 Å². The van der Waals surface area contributed by atoms with Gasteiger partial charge in [-0.3, -0.25) is 43.2 Å². The Bertz CT molecular complexity index is 4010. The summed E-state index contributed by atoms with van der Waals surface area (Å²) in [5.41, 5.74) is 14.6. The molecule has 0 aromatic rings. The molecule has 0 aliphatic carbocycles. The lowest BCUT2D eigenvalue weighted by Crippen LogP contribution is -2.62. The number of nitrogens with one attached hydrogen (secondary N) is 8. The van der Waals surface area contributed by atoms with Gasteiger partial charge in [-0.1, -0.05) is 129 Å². The summed E-state index contributed by atoms with van der Waals surface area (Å²) in [5.74, 6) is 3.78. The number of amides is 9. The number of carboxylic acid groups (broad SMARTS) is 1. The largest absolute Gasteiger partial charge is 0.479 e. The first-order valence-electron chi connectivity index (χ1n) is 46.1. The van der Waals surface area contributed by atoms with Crippen LogP contribution in [0, 0.1) is 107 Å². The van der Waals surface area contributed by atoms with Crippen molar-refractivity contribution in [3.05, 3.63) is 10.4 Å². The van der Waals surface area contributed by atoms with Crippen molar-refractivity contribution in [3.8, 4) is 12.3 Å². The fourth-order valence-electron chi connectivity index (χ4n) is 21.4. The number of carbonyl (C=O) groups is 11. The minimum atomic E-state index is -1.26. The Morgan fingerprint density at radius 3 is 1.03 bits per heavy atom. The monoisotopic (exact) mass is 1890 g/mol. The third-order valence-electron chi connectivity index (χ3n) is 31.8. The standard InChI is InChI=1S/C12H21NO3.C12H17NO3.C11H18N4O3.C11H18N2O4.C11H20N2O3.C11H17NO5.C11H17NO4.C11H19NO3S/c2*1-5-12-6-15-11(16-12)10(13-9(4)14)7(2)8(12)3;1-6-7(2)11(4-13-15-12)5-17-10(18-11)9(6)14-8(3)16;1-5-6(2)11(10(12)15)4-16-9(17-11)8(5)13-7(3)14;1-6-7(2)11(4-12)5-15-10(16-11)9(6)13-8(3)14;1-5-6(2)11(10(14)15)4-16-9(17-11)8(5)12-7(3)13;1-6-7(2)11(4-13)5-15-10(16-11)9(6)12-8(3)14;1-6-7(2)11(5-16)4-14-10(15-11)9(6)12-8(3)13/h7-8,10-11H,5-6H2,1-4H3,(H,13,14);1,7-8,10-11H,6H2,2-4H3,(H,13,14);6-7,9-10H,4-5H2,1-3H3,(H,14,16);5-6,8-9H,4H2,1-3H3,(H2,12,15)(H,13,14);6-7,9-10H,4-5,12H2,1-3H3,(H,13,14);5-6,8-9H,4H2,1-3H3,(H,12,13)(H,14,15);4,6-7,9-10H,5H2,1-3H3,(H,12,14);6-7,9-10,16H,4-5H2,1-3H3,(H,12,13)/t2*7-,8+,10+,11-,12-;6-,7+,9+,10-,11-;5-,6+,8+,9-,11-;6-,7+,9+,10-,11-;5-,6+,8+,9-,11-;6-,7+,9+,10-,11-;6-,7+,9+,10-,11+/m00000000/s1. The van der Waals surface area contributed by atoms with Crippen molar-refractivity contribution < 1.29 is 134 Å². The summed E-state index contributed by atoms with van der Waals surface area (Å²) < 4.78 is 90.6. The van der Waals surface area contributed by atoms with Gasteiger partial charge in [-0.2, -0.15) is 12.6 Å². The van der Waals surface area contributed by atoms with E-state index in [2.05, 4.69) is 133 Å². The van der Waals surface area contributed by atoms with E-state index in [0.29, 0.717) is 74.9 Å². The van der Waals surface area contributed by atoms with Crippen LogP contribution >= 0.6 is 12.6 Å². The number of hydrogen-bond donors (Lipinski definition) is 12. The van der Waals surface area contributed by atoms with E-state index in [9.17, 15) is 57.8 Å². The molecular formula is C90H147N13O28S. The lowest BCUT2D eigenvalue weighted by atomic mass is 9.74. The number of nitrogens with zero attached hydrogens (tertiary/aromatic N) is 3. The molecule has 16 saturated heterocycles. The summed E-state index contributed by atoms with van der Waals surface area (Å²) in [6.45, 7) is 50.4. The van der Waals surface area contributed by atoms with Crippen LogP contribution in [0.1, 0.15) is 180 Å². The fourth-order valence-corrected chi connectivity index (χ4v) is 21.8. The Hall–Kier alpha value is -7.09. The first-order valence-corrected chi connectivity index (χ1v) is 46.7. The number of carboxylic acids is 1. The zero-order valence-electron chi connectivity index (χ0n) is 81.0. The summed E-state index contributed by atoms with van der Waals surface area (Å²) in [4.78, 5) is 126. The minimum Gasteiger partial charge on any atom is -0.479 e. The summed E-state index contributed by atoms with van der Waals surface area (Å²) in [5, 5.41) is 35.8. The predicted molar refractivity (Wildman–Crippen MR) is 475 cm³/mol.